The molecule has 0 atom stereocenters. The quantitative estimate of drug-likeness (QED) is 0.175. The molecule has 6 nitrogen and oxygen atoms in total. The second-order valence-corrected chi connectivity index (χ2v) is 7.05. The van der Waals surface area contributed by atoms with Crippen molar-refractivity contribution >= 4 is 46.3 Å². The van der Waals surface area contributed by atoms with Crippen molar-refractivity contribution in [1.29, 1.82) is 0 Å². The molecule has 0 saturated carbocycles. The molecule has 6 heteroatoms. The van der Waals surface area contributed by atoms with E-state index in [1.165, 1.54) is 0 Å². The number of rotatable bonds is 4. The van der Waals surface area contributed by atoms with Gasteiger partial charge in [-0.15, -0.1) is 0 Å². The molecule has 4 rings (SSSR count). The molecule has 0 radical (unpaired) electrons. The minimum absolute atomic E-state index is 0.714. The summed E-state index contributed by atoms with van der Waals surface area (Å²) in [4.78, 5) is 0. The summed E-state index contributed by atoms with van der Waals surface area (Å²) in [5, 5.41) is 8.15. The monoisotopic (exact) mass is 422 g/mol. The van der Waals surface area contributed by atoms with E-state index in [1.54, 1.807) is 24.3 Å². The highest BCUT2D eigenvalue weighted by atomic mass is 15.1. The normalized spacial score (nSPS) is 10.8. The van der Waals surface area contributed by atoms with Crippen molar-refractivity contribution in [2.24, 2.45) is 10.2 Å². The fourth-order valence-corrected chi connectivity index (χ4v) is 2.60. The first-order valence-corrected chi connectivity index (χ1v) is 10.00. The Morgan fingerprint density at radius 3 is 0.906 bits per heavy atom. The maximum atomic E-state index is 5.61. The maximum absolute atomic E-state index is 5.61. The van der Waals surface area contributed by atoms with Crippen molar-refractivity contribution in [3.63, 3.8) is 0 Å². The lowest BCUT2D eigenvalue weighted by molar-refractivity contribution is 1.23. The van der Waals surface area contributed by atoms with Crippen LogP contribution in [-0.4, -0.2) is 0 Å². The van der Waals surface area contributed by atoms with Gasteiger partial charge in [-0.05, 0) is 83.9 Å². The molecule has 4 aromatic rings. The van der Waals surface area contributed by atoms with Gasteiger partial charge >= 0.3 is 0 Å². The maximum Gasteiger partial charge on any atom is 0.0858 e. The second-order valence-electron chi connectivity index (χ2n) is 7.05. The van der Waals surface area contributed by atoms with Gasteiger partial charge in [0.1, 0.15) is 0 Å². The highest BCUT2D eigenvalue weighted by Crippen LogP contribution is 2.20. The summed E-state index contributed by atoms with van der Waals surface area (Å²) < 4.78 is 0. The summed E-state index contributed by atoms with van der Waals surface area (Å²) in [7, 11) is 0. The summed E-state index contributed by atoms with van der Waals surface area (Å²) in [6.07, 6.45) is 4.09. The molecule has 4 aromatic carbocycles. The van der Waals surface area contributed by atoms with Gasteiger partial charge in [-0.2, -0.15) is 10.2 Å². The molecule has 8 N–H and O–H groups in total. The smallest absolute Gasteiger partial charge is 0.0858 e. The molecule has 0 saturated heterocycles. The van der Waals surface area contributed by atoms with E-state index < -0.39 is 0 Å². The number of nitrogen functional groups attached to an aromatic ring is 4. The van der Waals surface area contributed by atoms with E-state index in [2.05, 4.69) is 10.2 Å². The predicted molar refractivity (Wildman–Crippen MR) is 137 cm³/mol. The molecule has 0 aromatic heterocycles. The molecule has 0 aliphatic carbocycles. The predicted octanol–water partition coefficient (Wildman–Crippen LogP) is 6.29. The average Bonchev–Trinajstić information content (AvgIpc) is 2.81. The Morgan fingerprint density at radius 1 is 0.375 bits per heavy atom. The van der Waals surface area contributed by atoms with Gasteiger partial charge in [0.15, 0.2) is 0 Å². The summed E-state index contributed by atoms with van der Waals surface area (Å²) in [6, 6.07) is 29.9. The van der Waals surface area contributed by atoms with Crippen LogP contribution in [0.1, 0.15) is 11.1 Å². The van der Waals surface area contributed by atoms with E-state index in [0.717, 1.165) is 33.9 Å². The zero-order valence-corrected chi connectivity index (χ0v) is 17.6. The van der Waals surface area contributed by atoms with E-state index in [-0.39, 0.29) is 0 Å². The third-order valence-electron chi connectivity index (χ3n) is 4.41. The Labute approximate surface area is 187 Å². The Balaban J connectivity index is 0.000000181. The van der Waals surface area contributed by atoms with Gasteiger partial charge < -0.3 is 22.9 Å². The molecule has 0 spiro atoms. The first-order chi connectivity index (χ1) is 15.5. The van der Waals surface area contributed by atoms with Crippen molar-refractivity contribution in [1.82, 2.24) is 0 Å². The van der Waals surface area contributed by atoms with Crippen LogP contribution in [0.2, 0.25) is 0 Å². The van der Waals surface area contributed by atoms with Gasteiger partial charge in [0.2, 0.25) is 0 Å². The molecule has 32 heavy (non-hydrogen) atoms. The molecule has 0 fully saturated rings. The number of hydrogen-bond donors (Lipinski definition) is 4. The minimum Gasteiger partial charge on any atom is -0.399 e. The summed E-state index contributed by atoms with van der Waals surface area (Å²) in [5.74, 6) is 0. The fraction of sp³-hybridized carbons (Fsp3) is 0. The lowest BCUT2D eigenvalue weighted by atomic mass is 10.1. The van der Waals surface area contributed by atoms with Crippen LogP contribution >= 0.6 is 0 Å². The Morgan fingerprint density at radius 2 is 0.625 bits per heavy atom. The van der Waals surface area contributed by atoms with E-state index in [0.29, 0.717) is 11.4 Å². The molecule has 0 unspecified atom stereocenters. The first kappa shape index (κ1) is 22.1. The Kier molecular flexibility index (Phi) is 7.59. The fourth-order valence-electron chi connectivity index (χ4n) is 2.60. The van der Waals surface area contributed by atoms with Crippen molar-refractivity contribution in [3.8, 4) is 0 Å². The van der Waals surface area contributed by atoms with Crippen LogP contribution in [0, 0.1) is 0 Å². The van der Waals surface area contributed by atoms with Gasteiger partial charge in [0.25, 0.3) is 0 Å². The average molecular weight is 423 g/mol. The topological polar surface area (TPSA) is 129 Å². The van der Waals surface area contributed by atoms with Crippen molar-refractivity contribution in [2.75, 3.05) is 22.9 Å². The SMILES string of the molecule is Nc1ccc(C=Cc2ccc(N)cc2)cc1.Nc1ccc(N=Nc2ccc(N)cc2)cc1. The minimum atomic E-state index is 0.714. The lowest BCUT2D eigenvalue weighted by Crippen LogP contribution is -1.83. The van der Waals surface area contributed by atoms with Gasteiger partial charge in [0.05, 0.1) is 11.4 Å². The van der Waals surface area contributed by atoms with Crippen LogP contribution < -0.4 is 22.9 Å². The number of benzene rings is 4. The first-order valence-electron chi connectivity index (χ1n) is 10.00. The van der Waals surface area contributed by atoms with E-state index in [1.807, 2.05) is 84.9 Å². The standard InChI is InChI=1S/C14H14N2.C12H12N4/c15-13-7-3-11(4-8-13)1-2-12-5-9-14(16)10-6-12;13-9-1-5-11(6-2-9)15-16-12-7-3-10(14)4-8-12/h1-10H,15-16H2;1-8H,13-14H2. The number of nitrogens with two attached hydrogens (primary N) is 4. The Hall–Kier alpha value is -4.58. The van der Waals surface area contributed by atoms with Crippen molar-refractivity contribution in [3.05, 3.63) is 108 Å². The van der Waals surface area contributed by atoms with Gasteiger partial charge in [-0.1, -0.05) is 36.4 Å². The van der Waals surface area contributed by atoms with Crippen LogP contribution in [0.3, 0.4) is 0 Å². The van der Waals surface area contributed by atoms with E-state index >= 15 is 0 Å². The van der Waals surface area contributed by atoms with Crippen molar-refractivity contribution < 1.29 is 0 Å². The van der Waals surface area contributed by atoms with Gasteiger partial charge in [-0.3, -0.25) is 0 Å². The van der Waals surface area contributed by atoms with Crippen LogP contribution in [0.4, 0.5) is 34.1 Å². The number of azo groups is 1. The lowest BCUT2D eigenvalue weighted by Gasteiger charge is -1.96. The van der Waals surface area contributed by atoms with E-state index in [4.69, 9.17) is 22.9 Å². The van der Waals surface area contributed by atoms with Gasteiger partial charge in [-0.25, -0.2) is 0 Å². The van der Waals surface area contributed by atoms with Crippen LogP contribution in [0.25, 0.3) is 12.2 Å². The molecular weight excluding hydrogens is 396 g/mol. The van der Waals surface area contributed by atoms with Crippen LogP contribution in [-0.2, 0) is 0 Å². The molecule has 0 heterocycles. The van der Waals surface area contributed by atoms with E-state index in [9.17, 15) is 0 Å². The van der Waals surface area contributed by atoms with Crippen molar-refractivity contribution in [2.45, 2.75) is 0 Å². The Bertz CT molecular complexity index is 969. The highest BCUT2D eigenvalue weighted by Gasteiger charge is 1.91. The highest BCUT2D eigenvalue weighted by molar-refractivity contribution is 5.70. The summed E-state index contributed by atoms with van der Waals surface area (Å²) in [6.45, 7) is 0. The zero-order chi connectivity index (χ0) is 22.8. The number of nitrogens with zero attached hydrogens (tertiary/aromatic N) is 2. The largest absolute Gasteiger partial charge is 0.399 e. The second kappa shape index (κ2) is 11.0. The number of hydrogen-bond acceptors (Lipinski definition) is 6. The molecule has 0 aliphatic rings. The molecule has 0 bridgehead atoms. The molecular formula is C26H26N6. The molecule has 0 aliphatic heterocycles. The number of anilines is 4. The molecule has 160 valence electrons. The van der Waals surface area contributed by atoms with Crippen LogP contribution in [0.15, 0.2) is 107 Å². The third kappa shape index (κ3) is 7.35. The zero-order valence-electron chi connectivity index (χ0n) is 17.6. The van der Waals surface area contributed by atoms with Gasteiger partial charge in [0, 0.05) is 22.7 Å². The molecule has 0 amide bonds. The summed E-state index contributed by atoms with van der Waals surface area (Å²) >= 11 is 0. The summed E-state index contributed by atoms with van der Waals surface area (Å²) in [5.41, 5.74) is 29.1. The van der Waals surface area contributed by atoms with Crippen LogP contribution in [0.5, 0.6) is 0 Å². The third-order valence-corrected chi connectivity index (χ3v) is 4.41.